The molecule has 3 nitrogen and oxygen atoms in total. The third-order valence-corrected chi connectivity index (χ3v) is 3.19. The van der Waals surface area contributed by atoms with Crippen LogP contribution < -0.4 is 11.1 Å². The average Bonchev–Trinajstić information content (AvgIpc) is 2.27. The molecule has 0 spiro atoms. The van der Waals surface area contributed by atoms with Crippen LogP contribution in [0.15, 0.2) is 30.3 Å². The highest BCUT2D eigenvalue weighted by molar-refractivity contribution is 5.16. The molecule has 0 unspecified atom stereocenters. The molecule has 1 aromatic carbocycles. The van der Waals surface area contributed by atoms with E-state index in [2.05, 4.69) is 17.4 Å². The van der Waals surface area contributed by atoms with Crippen LogP contribution in [0, 0.1) is 0 Å². The Balaban J connectivity index is 1.81. The van der Waals surface area contributed by atoms with Gasteiger partial charge in [0.05, 0.1) is 6.61 Å². The fourth-order valence-corrected chi connectivity index (χ4v) is 2.21. The van der Waals surface area contributed by atoms with Crippen LogP contribution in [-0.2, 0) is 6.42 Å². The van der Waals surface area contributed by atoms with Crippen molar-refractivity contribution in [3.05, 3.63) is 35.9 Å². The highest BCUT2D eigenvalue weighted by Gasteiger charge is 2.27. The van der Waals surface area contributed by atoms with Crippen molar-refractivity contribution in [3.8, 4) is 0 Å². The maximum Gasteiger partial charge on any atom is 0.0587 e. The van der Waals surface area contributed by atoms with Gasteiger partial charge in [-0.25, -0.2) is 0 Å². The van der Waals surface area contributed by atoms with Gasteiger partial charge in [-0.1, -0.05) is 30.3 Å². The Hall–Kier alpha value is -0.900. The Morgan fingerprint density at radius 1 is 1.31 bits per heavy atom. The SMILES string of the molecule is NC1CC(N[C@H](CO)Cc2ccccc2)C1. The highest BCUT2D eigenvalue weighted by Crippen LogP contribution is 2.18. The van der Waals surface area contributed by atoms with E-state index in [1.807, 2.05) is 18.2 Å². The van der Waals surface area contributed by atoms with E-state index in [1.54, 1.807) is 0 Å². The summed E-state index contributed by atoms with van der Waals surface area (Å²) in [7, 11) is 0. The quantitative estimate of drug-likeness (QED) is 0.683. The lowest BCUT2D eigenvalue weighted by Gasteiger charge is -2.36. The second-order valence-corrected chi connectivity index (χ2v) is 4.66. The zero-order chi connectivity index (χ0) is 11.4. The van der Waals surface area contributed by atoms with Crippen LogP contribution in [-0.4, -0.2) is 29.8 Å². The van der Waals surface area contributed by atoms with Gasteiger partial charge in [-0.2, -0.15) is 0 Å². The molecule has 0 heterocycles. The standard InChI is InChI=1S/C13H20N2O/c14-11-7-12(8-11)15-13(9-16)6-10-4-2-1-3-5-10/h1-5,11-13,15-16H,6-9,14H2/t11?,12?,13-/m0/s1. The van der Waals surface area contributed by atoms with Crippen molar-refractivity contribution in [2.45, 2.75) is 37.4 Å². The monoisotopic (exact) mass is 220 g/mol. The van der Waals surface area contributed by atoms with E-state index in [-0.39, 0.29) is 12.6 Å². The molecule has 88 valence electrons. The smallest absolute Gasteiger partial charge is 0.0587 e. The number of aliphatic hydroxyl groups excluding tert-OH is 1. The molecule has 0 aliphatic heterocycles. The average molecular weight is 220 g/mol. The van der Waals surface area contributed by atoms with Crippen molar-refractivity contribution in [2.24, 2.45) is 5.73 Å². The number of nitrogens with two attached hydrogens (primary N) is 1. The Labute approximate surface area is 96.7 Å². The van der Waals surface area contributed by atoms with Crippen molar-refractivity contribution >= 4 is 0 Å². The van der Waals surface area contributed by atoms with Crippen molar-refractivity contribution in [2.75, 3.05) is 6.61 Å². The van der Waals surface area contributed by atoms with Crippen molar-refractivity contribution in [1.82, 2.24) is 5.32 Å². The molecule has 4 N–H and O–H groups in total. The fourth-order valence-electron chi connectivity index (χ4n) is 2.21. The Morgan fingerprint density at radius 3 is 2.56 bits per heavy atom. The first-order valence-electron chi connectivity index (χ1n) is 5.94. The van der Waals surface area contributed by atoms with Gasteiger partial charge in [0.25, 0.3) is 0 Å². The van der Waals surface area contributed by atoms with E-state index in [9.17, 15) is 5.11 Å². The second-order valence-electron chi connectivity index (χ2n) is 4.66. The third kappa shape index (κ3) is 3.04. The molecule has 0 aromatic heterocycles. The first-order chi connectivity index (χ1) is 7.78. The van der Waals surface area contributed by atoms with Gasteiger partial charge in [-0.3, -0.25) is 0 Å². The van der Waals surface area contributed by atoms with E-state index < -0.39 is 0 Å². The topological polar surface area (TPSA) is 58.3 Å². The van der Waals surface area contributed by atoms with Gasteiger partial charge in [-0.15, -0.1) is 0 Å². The lowest BCUT2D eigenvalue weighted by Crippen LogP contribution is -2.53. The van der Waals surface area contributed by atoms with E-state index in [0.29, 0.717) is 12.1 Å². The Bertz CT molecular complexity index is 309. The lowest BCUT2D eigenvalue weighted by atomic mass is 9.87. The summed E-state index contributed by atoms with van der Waals surface area (Å²) in [6, 6.07) is 11.3. The molecule has 0 bridgehead atoms. The zero-order valence-electron chi connectivity index (χ0n) is 9.47. The molecule has 0 saturated heterocycles. The molecule has 1 aromatic rings. The van der Waals surface area contributed by atoms with Gasteiger partial charge in [0.2, 0.25) is 0 Å². The first-order valence-corrected chi connectivity index (χ1v) is 5.94. The number of hydrogen-bond donors (Lipinski definition) is 3. The maximum absolute atomic E-state index is 9.33. The molecule has 2 rings (SSSR count). The van der Waals surface area contributed by atoms with E-state index in [0.717, 1.165) is 19.3 Å². The van der Waals surface area contributed by atoms with E-state index >= 15 is 0 Å². The van der Waals surface area contributed by atoms with E-state index in [4.69, 9.17) is 5.73 Å². The summed E-state index contributed by atoms with van der Waals surface area (Å²) >= 11 is 0. The van der Waals surface area contributed by atoms with Gasteiger partial charge in [-0.05, 0) is 24.8 Å². The lowest BCUT2D eigenvalue weighted by molar-refractivity contribution is 0.196. The van der Waals surface area contributed by atoms with Crippen LogP contribution in [0.5, 0.6) is 0 Å². The number of rotatable bonds is 5. The minimum atomic E-state index is 0.153. The summed E-state index contributed by atoms with van der Waals surface area (Å²) in [5.41, 5.74) is 7.00. The van der Waals surface area contributed by atoms with Crippen LogP contribution in [0.2, 0.25) is 0 Å². The molecule has 16 heavy (non-hydrogen) atoms. The van der Waals surface area contributed by atoms with Gasteiger partial charge < -0.3 is 16.2 Å². The maximum atomic E-state index is 9.33. The van der Waals surface area contributed by atoms with Crippen LogP contribution >= 0.6 is 0 Å². The summed E-state index contributed by atoms with van der Waals surface area (Å²) in [5.74, 6) is 0. The molecular weight excluding hydrogens is 200 g/mol. The van der Waals surface area contributed by atoms with Crippen LogP contribution in [0.4, 0.5) is 0 Å². The first kappa shape index (κ1) is 11.6. The number of nitrogens with one attached hydrogen (secondary N) is 1. The molecule has 1 atom stereocenters. The van der Waals surface area contributed by atoms with Gasteiger partial charge >= 0.3 is 0 Å². The number of benzene rings is 1. The second kappa shape index (κ2) is 5.43. The molecule has 3 heteroatoms. The zero-order valence-corrected chi connectivity index (χ0v) is 9.47. The molecule has 0 radical (unpaired) electrons. The molecule has 1 aliphatic rings. The summed E-state index contributed by atoms with van der Waals surface area (Å²) in [6.07, 6.45) is 2.94. The van der Waals surface area contributed by atoms with Crippen LogP contribution in [0.25, 0.3) is 0 Å². The summed E-state index contributed by atoms with van der Waals surface area (Å²) in [5, 5.41) is 12.8. The van der Waals surface area contributed by atoms with Crippen molar-refractivity contribution < 1.29 is 5.11 Å². The molecule has 1 saturated carbocycles. The highest BCUT2D eigenvalue weighted by atomic mass is 16.3. The van der Waals surface area contributed by atoms with Crippen LogP contribution in [0.3, 0.4) is 0 Å². The predicted molar refractivity (Wildman–Crippen MR) is 65.2 cm³/mol. The molecule has 1 fully saturated rings. The third-order valence-electron chi connectivity index (χ3n) is 3.19. The van der Waals surface area contributed by atoms with Crippen molar-refractivity contribution in [1.29, 1.82) is 0 Å². The minimum Gasteiger partial charge on any atom is -0.395 e. The Kier molecular flexibility index (Phi) is 3.93. The molecular formula is C13H20N2O. The van der Waals surface area contributed by atoms with Gasteiger partial charge in [0, 0.05) is 18.1 Å². The van der Waals surface area contributed by atoms with Crippen molar-refractivity contribution in [3.63, 3.8) is 0 Å². The summed E-state index contributed by atoms with van der Waals surface area (Å²) in [4.78, 5) is 0. The fraction of sp³-hybridized carbons (Fsp3) is 0.538. The van der Waals surface area contributed by atoms with Gasteiger partial charge in [0.15, 0.2) is 0 Å². The predicted octanol–water partition coefficient (Wildman–Crippen LogP) is 0.669. The Morgan fingerprint density at radius 2 is 2.00 bits per heavy atom. The number of hydrogen-bond acceptors (Lipinski definition) is 3. The van der Waals surface area contributed by atoms with E-state index in [1.165, 1.54) is 5.56 Å². The number of aliphatic hydroxyl groups is 1. The van der Waals surface area contributed by atoms with Gasteiger partial charge in [0.1, 0.15) is 0 Å². The van der Waals surface area contributed by atoms with Crippen LogP contribution in [0.1, 0.15) is 18.4 Å². The summed E-state index contributed by atoms with van der Waals surface area (Å²) < 4.78 is 0. The summed E-state index contributed by atoms with van der Waals surface area (Å²) in [6.45, 7) is 0.181. The minimum absolute atomic E-state index is 0.153. The molecule has 1 aliphatic carbocycles. The molecule has 0 amide bonds. The normalized spacial score (nSPS) is 26.1. The largest absolute Gasteiger partial charge is 0.395 e.